The smallest absolute Gasteiger partial charge is 0.0468 e. The van der Waals surface area contributed by atoms with Crippen LogP contribution in [0.15, 0.2) is 28.9 Å². The van der Waals surface area contributed by atoms with Crippen LogP contribution in [0, 0.1) is 0 Å². The zero-order valence-electron chi connectivity index (χ0n) is 10.5. The number of H-pyrrole nitrogens is 1. The molecule has 1 aromatic heterocycles. The van der Waals surface area contributed by atoms with E-state index in [1.807, 2.05) is 0 Å². The van der Waals surface area contributed by atoms with E-state index in [1.54, 1.807) is 0 Å². The van der Waals surface area contributed by atoms with E-state index < -0.39 is 0 Å². The molecule has 3 nitrogen and oxygen atoms in total. The first-order chi connectivity index (χ1) is 8.72. The van der Waals surface area contributed by atoms with Crippen molar-refractivity contribution in [2.75, 3.05) is 26.7 Å². The number of nitrogens with one attached hydrogen (secondary N) is 2. The van der Waals surface area contributed by atoms with Crippen LogP contribution in [0.5, 0.6) is 0 Å². The molecule has 1 saturated heterocycles. The van der Waals surface area contributed by atoms with Crippen molar-refractivity contribution < 1.29 is 0 Å². The van der Waals surface area contributed by atoms with E-state index in [4.69, 9.17) is 0 Å². The third-order valence-corrected chi connectivity index (χ3v) is 4.15. The average molecular weight is 308 g/mol. The van der Waals surface area contributed by atoms with Gasteiger partial charge >= 0.3 is 0 Å². The molecule has 0 aliphatic carbocycles. The Kier molecular flexibility index (Phi) is 3.41. The Balaban J connectivity index is 1.82. The van der Waals surface area contributed by atoms with Crippen LogP contribution in [0.2, 0.25) is 0 Å². The standard InChI is InChI=1S/C14H18BrN3/c1-18-5-4-16-12(9-18)6-10-8-17-14-7-11(15)2-3-13(10)14/h2-3,7-8,12,16-17H,4-6,9H2,1H3. The van der Waals surface area contributed by atoms with Gasteiger partial charge in [0.05, 0.1) is 0 Å². The molecule has 96 valence electrons. The normalized spacial score (nSPS) is 21.6. The maximum Gasteiger partial charge on any atom is 0.0468 e. The molecular weight excluding hydrogens is 290 g/mol. The number of aromatic nitrogens is 1. The van der Waals surface area contributed by atoms with Crippen molar-refractivity contribution in [3.8, 4) is 0 Å². The molecule has 1 atom stereocenters. The molecule has 0 radical (unpaired) electrons. The largest absolute Gasteiger partial charge is 0.361 e. The van der Waals surface area contributed by atoms with Crippen LogP contribution in [-0.2, 0) is 6.42 Å². The van der Waals surface area contributed by atoms with Crippen LogP contribution in [-0.4, -0.2) is 42.6 Å². The number of benzene rings is 1. The van der Waals surface area contributed by atoms with Gasteiger partial charge in [-0.1, -0.05) is 22.0 Å². The highest BCUT2D eigenvalue weighted by atomic mass is 79.9. The second-order valence-corrected chi connectivity index (χ2v) is 6.04. The minimum absolute atomic E-state index is 0.561. The lowest BCUT2D eigenvalue weighted by Crippen LogP contribution is -2.49. The molecule has 0 bridgehead atoms. The van der Waals surface area contributed by atoms with Crippen molar-refractivity contribution >= 4 is 26.8 Å². The number of hydrogen-bond acceptors (Lipinski definition) is 2. The summed E-state index contributed by atoms with van der Waals surface area (Å²) in [5.74, 6) is 0. The van der Waals surface area contributed by atoms with Crippen molar-refractivity contribution in [3.05, 3.63) is 34.4 Å². The molecule has 0 amide bonds. The van der Waals surface area contributed by atoms with Crippen LogP contribution in [0.4, 0.5) is 0 Å². The molecule has 2 aromatic rings. The second kappa shape index (κ2) is 5.03. The van der Waals surface area contributed by atoms with Crippen LogP contribution < -0.4 is 5.32 Å². The van der Waals surface area contributed by atoms with Crippen LogP contribution >= 0.6 is 15.9 Å². The number of nitrogens with zero attached hydrogens (tertiary/aromatic N) is 1. The van der Waals surface area contributed by atoms with Crippen molar-refractivity contribution in [1.29, 1.82) is 0 Å². The lowest BCUT2D eigenvalue weighted by molar-refractivity contribution is 0.238. The fraction of sp³-hybridized carbons (Fsp3) is 0.429. The summed E-state index contributed by atoms with van der Waals surface area (Å²) < 4.78 is 1.12. The van der Waals surface area contributed by atoms with Crippen molar-refractivity contribution in [3.63, 3.8) is 0 Å². The number of aromatic amines is 1. The van der Waals surface area contributed by atoms with Gasteiger partial charge in [0.15, 0.2) is 0 Å². The number of hydrogen-bond donors (Lipinski definition) is 2. The summed E-state index contributed by atoms with van der Waals surface area (Å²) in [6, 6.07) is 7.00. The molecule has 1 fully saturated rings. The number of rotatable bonds is 2. The molecule has 1 unspecified atom stereocenters. The van der Waals surface area contributed by atoms with Gasteiger partial charge in [0, 0.05) is 47.2 Å². The predicted octanol–water partition coefficient (Wildman–Crippen LogP) is 2.38. The summed E-state index contributed by atoms with van der Waals surface area (Å²) in [6.45, 7) is 3.37. The number of piperazine rings is 1. The van der Waals surface area contributed by atoms with Gasteiger partial charge < -0.3 is 15.2 Å². The summed E-state index contributed by atoms with van der Waals surface area (Å²) in [7, 11) is 2.19. The topological polar surface area (TPSA) is 31.1 Å². The zero-order valence-corrected chi connectivity index (χ0v) is 12.1. The Morgan fingerprint density at radius 3 is 3.17 bits per heavy atom. The lowest BCUT2D eigenvalue weighted by Gasteiger charge is -2.30. The SMILES string of the molecule is CN1CCNC(Cc2c[nH]c3cc(Br)ccc23)C1. The first kappa shape index (κ1) is 12.2. The Labute approximate surface area is 116 Å². The Morgan fingerprint density at radius 2 is 2.33 bits per heavy atom. The highest BCUT2D eigenvalue weighted by molar-refractivity contribution is 9.10. The maximum absolute atomic E-state index is 3.60. The quantitative estimate of drug-likeness (QED) is 0.892. The van der Waals surface area contributed by atoms with Crippen molar-refractivity contribution in [2.24, 2.45) is 0 Å². The van der Waals surface area contributed by atoms with Gasteiger partial charge in [-0.25, -0.2) is 0 Å². The third kappa shape index (κ3) is 2.46. The molecule has 3 rings (SSSR count). The minimum atomic E-state index is 0.561. The highest BCUT2D eigenvalue weighted by Crippen LogP contribution is 2.23. The van der Waals surface area contributed by atoms with Gasteiger partial charge in [-0.15, -0.1) is 0 Å². The number of halogens is 1. The Morgan fingerprint density at radius 1 is 1.44 bits per heavy atom. The molecule has 4 heteroatoms. The van der Waals surface area contributed by atoms with E-state index in [0.29, 0.717) is 6.04 Å². The molecule has 2 N–H and O–H groups in total. The van der Waals surface area contributed by atoms with E-state index in [0.717, 1.165) is 30.5 Å². The Bertz CT molecular complexity index is 549. The van der Waals surface area contributed by atoms with Gasteiger partial charge in [0.1, 0.15) is 0 Å². The first-order valence-corrected chi connectivity index (χ1v) is 7.19. The van der Waals surface area contributed by atoms with E-state index in [-0.39, 0.29) is 0 Å². The first-order valence-electron chi connectivity index (χ1n) is 6.40. The fourth-order valence-electron chi connectivity index (χ4n) is 2.72. The third-order valence-electron chi connectivity index (χ3n) is 3.65. The molecule has 1 aliphatic heterocycles. The molecule has 1 aromatic carbocycles. The van der Waals surface area contributed by atoms with Gasteiger partial charge in [-0.2, -0.15) is 0 Å². The summed E-state index contributed by atoms with van der Waals surface area (Å²) in [5, 5.41) is 4.94. The molecule has 0 spiro atoms. The summed E-state index contributed by atoms with van der Waals surface area (Å²) in [5.41, 5.74) is 2.62. The molecular formula is C14H18BrN3. The zero-order chi connectivity index (χ0) is 12.5. The van der Waals surface area contributed by atoms with Gasteiger partial charge in [-0.05, 0) is 31.2 Å². The van der Waals surface area contributed by atoms with Gasteiger partial charge in [0.2, 0.25) is 0 Å². The van der Waals surface area contributed by atoms with Gasteiger partial charge in [-0.3, -0.25) is 0 Å². The number of likely N-dealkylation sites (N-methyl/N-ethyl adjacent to an activating group) is 1. The lowest BCUT2D eigenvalue weighted by atomic mass is 10.0. The van der Waals surface area contributed by atoms with Gasteiger partial charge in [0.25, 0.3) is 0 Å². The summed E-state index contributed by atoms with van der Waals surface area (Å²) >= 11 is 3.51. The van der Waals surface area contributed by atoms with E-state index >= 15 is 0 Å². The van der Waals surface area contributed by atoms with E-state index in [9.17, 15) is 0 Å². The van der Waals surface area contributed by atoms with E-state index in [2.05, 4.69) is 62.6 Å². The van der Waals surface area contributed by atoms with Crippen molar-refractivity contribution in [1.82, 2.24) is 15.2 Å². The Hall–Kier alpha value is -0.840. The average Bonchev–Trinajstić information content (AvgIpc) is 2.72. The summed E-state index contributed by atoms with van der Waals surface area (Å²) in [4.78, 5) is 5.75. The molecule has 0 saturated carbocycles. The van der Waals surface area contributed by atoms with E-state index in [1.165, 1.54) is 16.5 Å². The highest BCUT2D eigenvalue weighted by Gasteiger charge is 2.18. The molecule has 1 aliphatic rings. The predicted molar refractivity (Wildman–Crippen MR) is 79.0 cm³/mol. The van der Waals surface area contributed by atoms with Crippen LogP contribution in [0.3, 0.4) is 0 Å². The molecule has 18 heavy (non-hydrogen) atoms. The molecule has 2 heterocycles. The van der Waals surface area contributed by atoms with Crippen molar-refractivity contribution in [2.45, 2.75) is 12.5 Å². The van der Waals surface area contributed by atoms with Crippen LogP contribution in [0.1, 0.15) is 5.56 Å². The number of fused-ring (bicyclic) bond motifs is 1. The monoisotopic (exact) mass is 307 g/mol. The van der Waals surface area contributed by atoms with Crippen LogP contribution in [0.25, 0.3) is 10.9 Å². The second-order valence-electron chi connectivity index (χ2n) is 5.12. The fourth-order valence-corrected chi connectivity index (χ4v) is 3.08. The summed E-state index contributed by atoms with van der Waals surface area (Å²) in [6.07, 6.45) is 3.24. The maximum atomic E-state index is 3.60. The minimum Gasteiger partial charge on any atom is -0.361 e.